The maximum absolute atomic E-state index is 15.8. The third-order valence-electron chi connectivity index (χ3n) is 10.4. The Kier molecular flexibility index (Phi) is 6.16. The number of hydrogen-bond donors (Lipinski definition) is 1. The van der Waals surface area contributed by atoms with E-state index in [9.17, 15) is 14.4 Å². The average Bonchev–Trinajstić information content (AvgIpc) is 3.92. The van der Waals surface area contributed by atoms with Crippen LogP contribution in [0.2, 0.25) is 5.02 Å². The molecule has 1 unspecified atom stereocenters. The number of anilines is 1. The molecule has 13 nitrogen and oxygen atoms in total. The number of aromatic nitrogens is 9. The average molecular weight is 699 g/mol. The van der Waals surface area contributed by atoms with E-state index in [0.29, 0.717) is 55.3 Å². The zero-order valence-corrected chi connectivity index (χ0v) is 27.4. The van der Waals surface area contributed by atoms with E-state index in [0.717, 1.165) is 23.4 Å². The Bertz CT molecular complexity index is 2660. The molecule has 0 bridgehead atoms. The van der Waals surface area contributed by atoms with E-state index in [4.69, 9.17) is 16.6 Å². The van der Waals surface area contributed by atoms with Crippen LogP contribution >= 0.6 is 11.6 Å². The van der Waals surface area contributed by atoms with Gasteiger partial charge in [-0.15, -0.1) is 5.10 Å². The van der Waals surface area contributed by atoms with E-state index in [-0.39, 0.29) is 28.9 Å². The molecule has 250 valence electrons. The summed E-state index contributed by atoms with van der Waals surface area (Å²) in [6.45, 7) is 0. The fraction of sp³-hybridized carbons (Fsp3) is 0.167. The van der Waals surface area contributed by atoms with Gasteiger partial charge in [0.05, 0.1) is 28.4 Å². The molecule has 2 aliphatic heterocycles. The van der Waals surface area contributed by atoms with Crippen molar-refractivity contribution in [3.63, 3.8) is 0 Å². The highest BCUT2D eigenvalue weighted by atomic mass is 35.5. The van der Waals surface area contributed by atoms with E-state index in [2.05, 4.69) is 25.6 Å². The molecule has 4 aromatic heterocycles. The molecule has 10 rings (SSSR count). The van der Waals surface area contributed by atoms with Gasteiger partial charge < -0.3 is 9.55 Å². The van der Waals surface area contributed by atoms with Gasteiger partial charge in [-0.2, -0.15) is 14.2 Å². The summed E-state index contributed by atoms with van der Waals surface area (Å²) < 4.78 is 20.6. The number of carbonyl (C=O) groups excluding carboxylic acids is 2. The number of H-pyrrole nitrogens is 1. The number of hydrogen-bond acceptors (Lipinski definition) is 8. The fourth-order valence-electron chi connectivity index (χ4n) is 7.97. The predicted octanol–water partition coefficient (Wildman–Crippen LogP) is 5.46. The van der Waals surface area contributed by atoms with E-state index in [1.165, 1.54) is 11.0 Å². The number of aromatic amines is 1. The Morgan fingerprint density at radius 2 is 1.71 bits per heavy atom. The summed E-state index contributed by atoms with van der Waals surface area (Å²) in [5, 5.41) is 17.1. The molecule has 1 N–H and O–H groups in total. The largest absolute Gasteiger partial charge is 0.317 e. The van der Waals surface area contributed by atoms with Crippen molar-refractivity contribution in [1.82, 2.24) is 44.5 Å². The summed E-state index contributed by atoms with van der Waals surface area (Å²) in [6, 6.07) is 20.2. The molecule has 0 spiro atoms. The molecule has 3 atom stereocenters. The highest BCUT2D eigenvalue weighted by Gasteiger charge is 2.49. The summed E-state index contributed by atoms with van der Waals surface area (Å²) in [6.07, 6.45) is 3.23. The van der Waals surface area contributed by atoms with Crippen molar-refractivity contribution >= 4 is 40.1 Å². The number of imide groups is 1. The molecule has 1 aliphatic carbocycles. The zero-order valence-electron chi connectivity index (χ0n) is 26.7. The van der Waals surface area contributed by atoms with Crippen LogP contribution in [0.3, 0.4) is 0 Å². The molecule has 0 radical (unpaired) electrons. The minimum absolute atomic E-state index is 0.0615. The molecule has 7 aromatic rings. The number of rotatable bonds is 5. The first-order valence-electron chi connectivity index (χ1n) is 16.3. The molecule has 51 heavy (non-hydrogen) atoms. The normalized spacial score (nSPS) is 19.0. The Morgan fingerprint density at radius 3 is 2.43 bits per heavy atom. The number of carbonyl (C=O) groups is 2. The van der Waals surface area contributed by atoms with Crippen LogP contribution in [0.4, 0.5) is 10.2 Å². The molecule has 3 aliphatic rings. The fourth-order valence-corrected chi connectivity index (χ4v) is 8.14. The molecular weight excluding hydrogens is 675 g/mol. The third-order valence-corrected chi connectivity index (χ3v) is 10.7. The van der Waals surface area contributed by atoms with Gasteiger partial charge in [0.2, 0.25) is 5.95 Å². The summed E-state index contributed by atoms with van der Waals surface area (Å²) in [4.78, 5) is 49.1. The SMILES string of the molecule is Cn1nc(N2C(=O)c3ccccc3C2=O)c2ccc(-c3nc([C@@H]4[C@H]5CCC5c5cc(-c6cc(Cl)ccc6-n6cnnn6)cc(=O)n54)[nH]c3F)cc21. The quantitative estimate of drug-likeness (QED) is 0.233. The number of fused-ring (bicyclic) bond motifs is 5. The third kappa shape index (κ3) is 4.19. The Balaban J connectivity index is 1.02. The molecule has 1 saturated carbocycles. The van der Waals surface area contributed by atoms with Gasteiger partial charge in [0, 0.05) is 46.3 Å². The van der Waals surface area contributed by atoms with Crippen molar-refractivity contribution in [3.05, 3.63) is 123 Å². The minimum Gasteiger partial charge on any atom is -0.317 e. The van der Waals surface area contributed by atoms with Crippen molar-refractivity contribution < 1.29 is 14.0 Å². The van der Waals surface area contributed by atoms with Gasteiger partial charge in [-0.3, -0.25) is 19.1 Å². The van der Waals surface area contributed by atoms with Crippen LogP contribution in [0.1, 0.15) is 57.0 Å². The lowest BCUT2D eigenvalue weighted by molar-refractivity contribution is 0.0925. The Labute approximate surface area is 291 Å². The molecule has 2 amide bonds. The maximum Gasteiger partial charge on any atom is 0.267 e. The van der Waals surface area contributed by atoms with Gasteiger partial charge in [-0.25, -0.2) is 9.88 Å². The van der Waals surface area contributed by atoms with Crippen LogP contribution in [-0.2, 0) is 7.05 Å². The van der Waals surface area contributed by atoms with Gasteiger partial charge in [0.15, 0.2) is 5.82 Å². The monoisotopic (exact) mass is 698 g/mol. The van der Waals surface area contributed by atoms with E-state index in [1.807, 2.05) is 6.07 Å². The maximum atomic E-state index is 15.8. The molecule has 6 heterocycles. The minimum atomic E-state index is -0.633. The van der Waals surface area contributed by atoms with Crippen LogP contribution in [0.25, 0.3) is 39.0 Å². The Hall–Kier alpha value is -6.28. The summed E-state index contributed by atoms with van der Waals surface area (Å²) in [5.74, 6) is -0.805. The van der Waals surface area contributed by atoms with E-state index in [1.54, 1.807) is 83.0 Å². The van der Waals surface area contributed by atoms with Crippen molar-refractivity contribution in [2.75, 3.05) is 4.90 Å². The van der Waals surface area contributed by atoms with Crippen molar-refractivity contribution in [1.29, 1.82) is 0 Å². The second-order valence-electron chi connectivity index (χ2n) is 13.0. The number of nitrogens with zero attached hydrogens (tertiary/aromatic N) is 9. The van der Waals surface area contributed by atoms with Crippen molar-refractivity contribution in [3.8, 4) is 28.1 Å². The molecule has 3 aromatic carbocycles. The number of halogens is 2. The van der Waals surface area contributed by atoms with Crippen LogP contribution < -0.4 is 10.5 Å². The smallest absolute Gasteiger partial charge is 0.267 e. The first-order chi connectivity index (χ1) is 24.8. The lowest BCUT2D eigenvalue weighted by atomic mass is 9.71. The molecule has 1 fully saturated rings. The lowest BCUT2D eigenvalue weighted by Gasteiger charge is -2.32. The first kappa shape index (κ1) is 29.6. The highest BCUT2D eigenvalue weighted by molar-refractivity contribution is 6.35. The second-order valence-corrected chi connectivity index (χ2v) is 13.5. The van der Waals surface area contributed by atoms with E-state index >= 15 is 4.39 Å². The van der Waals surface area contributed by atoms with Crippen LogP contribution in [0.5, 0.6) is 0 Å². The zero-order chi connectivity index (χ0) is 34.7. The molecular formula is C36H24ClFN10O3. The summed E-state index contributed by atoms with van der Waals surface area (Å²) >= 11 is 6.39. The summed E-state index contributed by atoms with van der Waals surface area (Å²) in [5.41, 5.74) is 4.47. The number of pyridine rings is 1. The second kappa shape index (κ2) is 10.6. The van der Waals surface area contributed by atoms with Crippen LogP contribution in [-0.4, -0.2) is 56.3 Å². The summed E-state index contributed by atoms with van der Waals surface area (Å²) in [7, 11) is 1.70. The van der Waals surface area contributed by atoms with Gasteiger partial charge in [-0.05, 0) is 83.3 Å². The topological polar surface area (TPSA) is 149 Å². The lowest BCUT2D eigenvalue weighted by Crippen LogP contribution is -2.30. The standard InChI is InChI=1S/C36H24ClFN10O3/c1-45-27-12-17(6-8-24(27)34(42-45)48-35(50)22-4-2-3-5-23(22)36(48)51)30-32(38)41-33(40-30)31-21-10-9-20(21)28-13-18(14-29(49)47(28)31)25-15-19(37)7-11-26(25)46-16-39-43-44-46/h2-8,11-16,20-21,31H,9-10H2,1H3,(H,40,41)/t20?,21-,31-/m0/s1. The van der Waals surface area contributed by atoms with E-state index < -0.39 is 23.8 Å². The van der Waals surface area contributed by atoms with Crippen molar-refractivity contribution in [2.45, 2.75) is 24.8 Å². The number of nitrogens with one attached hydrogen (secondary N) is 1. The predicted molar refractivity (Wildman–Crippen MR) is 183 cm³/mol. The van der Waals surface area contributed by atoms with Gasteiger partial charge in [0.25, 0.3) is 17.4 Å². The van der Waals surface area contributed by atoms with Crippen LogP contribution in [0.15, 0.2) is 83.9 Å². The van der Waals surface area contributed by atoms with Gasteiger partial charge >= 0.3 is 0 Å². The molecule has 15 heteroatoms. The number of amides is 2. The van der Waals surface area contributed by atoms with Crippen molar-refractivity contribution in [2.24, 2.45) is 13.0 Å². The molecule has 0 saturated heterocycles. The number of aryl methyl sites for hydroxylation is 1. The highest BCUT2D eigenvalue weighted by Crippen LogP contribution is 2.55. The van der Waals surface area contributed by atoms with Gasteiger partial charge in [-0.1, -0.05) is 29.8 Å². The van der Waals surface area contributed by atoms with Gasteiger partial charge in [0.1, 0.15) is 17.8 Å². The number of imidazole rings is 1. The Morgan fingerprint density at radius 1 is 0.902 bits per heavy atom. The number of benzene rings is 3. The van der Waals surface area contributed by atoms with Crippen LogP contribution in [0, 0.1) is 11.9 Å². The number of tetrazole rings is 1. The first-order valence-corrected chi connectivity index (χ1v) is 16.6.